The minimum Gasteiger partial charge on any atom is -0.311 e. The predicted octanol–water partition coefficient (Wildman–Crippen LogP) is 18.9. The van der Waals surface area contributed by atoms with Crippen LogP contribution < -0.4 is 4.90 Å². The van der Waals surface area contributed by atoms with Gasteiger partial charge in [0.05, 0.1) is 11.0 Å². The van der Waals surface area contributed by atoms with E-state index in [0.29, 0.717) is 0 Å². The van der Waals surface area contributed by atoms with E-state index in [0.717, 1.165) is 22.7 Å². The Balaban J connectivity index is 0.827. The molecule has 0 aliphatic carbocycles. The van der Waals surface area contributed by atoms with E-state index in [9.17, 15) is 0 Å². The Morgan fingerprint density at radius 1 is 0.214 bits per heavy atom. The Bertz CT molecular complexity index is 3830. The van der Waals surface area contributed by atoms with E-state index < -0.39 is 0 Å². The number of aromatic nitrogens is 1. The topological polar surface area (TPSA) is 8.17 Å². The molecule has 0 N–H and O–H groups in total. The van der Waals surface area contributed by atoms with Crippen LogP contribution in [0.25, 0.3) is 105 Å². The van der Waals surface area contributed by atoms with E-state index in [1.165, 1.54) is 99.0 Å². The summed E-state index contributed by atoms with van der Waals surface area (Å²) in [5.41, 5.74) is 18.8. The van der Waals surface area contributed by atoms with Crippen molar-refractivity contribution in [3.63, 3.8) is 0 Å². The van der Waals surface area contributed by atoms with Gasteiger partial charge in [-0.05, 0) is 156 Å². The molecular formula is C68H46N2. The molecule has 2 heteroatoms. The van der Waals surface area contributed by atoms with E-state index in [4.69, 9.17) is 0 Å². The molecule has 13 rings (SSSR count). The molecule has 70 heavy (non-hydrogen) atoms. The van der Waals surface area contributed by atoms with Crippen LogP contribution in [0.4, 0.5) is 17.1 Å². The second-order valence-corrected chi connectivity index (χ2v) is 18.2. The standard InChI is InChI=1S/C68H46N2/c1-2-14-61(15-3-1)70-67-17-9-8-16-65(67)66-46-60(36-43-68(66)70)55-34-41-64(42-35-55)69(62-37-30-51(31-38-62)49-18-22-53(23-19-49)58-28-26-47-10-4-6-12-56(47)44-58)63-39-32-52(33-40-63)50-20-24-54(25-21-50)59-29-27-48-11-5-7-13-57(48)45-59/h1-46H. The number of benzene rings is 12. The maximum absolute atomic E-state index is 2.37. The van der Waals surface area contributed by atoms with Gasteiger partial charge in [-0.2, -0.15) is 0 Å². The zero-order chi connectivity index (χ0) is 46.4. The fourth-order valence-corrected chi connectivity index (χ4v) is 10.3. The second kappa shape index (κ2) is 17.4. The molecule has 0 bridgehead atoms. The van der Waals surface area contributed by atoms with Crippen molar-refractivity contribution in [1.29, 1.82) is 0 Å². The second-order valence-electron chi connectivity index (χ2n) is 18.2. The van der Waals surface area contributed by atoms with E-state index in [-0.39, 0.29) is 0 Å². The van der Waals surface area contributed by atoms with Gasteiger partial charge >= 0.3 is 0 Å². The minimum absolute atomic E-state index is 1.09. The lowest BCUT2D eigenvalue weighted by Gasteiger charge is -2.26. The third-order valence-electron chi connectivity index (χ3n) is 14.0. The smallest absolute Gasteiger partial charge is 0.0541 e. The van der Waals surface area contributed by atoms with Crippen molar-refractivity contribution >= 4 is 60.4 Å². The molecule has 0 amide bonds. The van der Waals surface area contributed by atoms with Gasteiger partial charge in [0.15, 0.2) is 0 Å². The van der Waals surface area contributed by atoms with Crippen LogP contribution >= 0.6 is 0 Å². The third kappa shape index (κ3) is 7.59. The number of nitrogens with zero attached hydrogens (tertiary/aromatic N) is 2. The molecule has 0 unspecified atom stereocenters. The van der Waals surface area contributed by atoms with Gasteiger partial charge in [0.1, 0.15) is 0 Å². The lowest BCUT2D eigenvalue weighted by atomic mass is 9.98. The number of para-hydroxylation sites is 2. The Hall–Kier alpha value is -9.24. The first-order valence-corrected chi connectivity index (χ1v) is 24.1. The maximum atomic E-state index is 2.37. The largest absolute Gasteiger partial charge is 0.311 e. The number of hydrogen-bond acceptors (Lipinski definition) is 1. The summed E-state index contributed by atoms with van der Waals surface area (Å²) in [5, 5.41) is 7.52. The molecule has 12 aromatic carbocycles. The van der Waals surface area contributed by atoms with E-state index in [2.05, 4.69) is 289 Å². The predicted molar refractivity (Wildman–Crippen MR) is 298 cm³/mol. The molecule has 0 spiro atoms. The first kappa shape index (κ1) is 41.0. The van der Waals surface area contributed by atoms with Gasteiger partial charge in [0.2, 0.25) is 0 Å². The third-order valence-corrected chi connectivity index (χ3v) is 14.0. The summed E-state index contributed by atoms with van der Waals surface area (Å²) in [6.07, 6.45) is 0. The summed E-state index contributed by atoms with van der Waals surface area (Å²) in [4.78, 5) is 2.36. The maximum Gasteiger partial charge on any atom is 0.0541 e. The van der Waals surface area contributed by atoms with Crippen molar-refractivity contribution < 1.29 is 0 Å². The Morgan fingerprint density at radius 3 is 1.01 bits per heavy atom. The molecule has 1 aromatic heterocycles. The lowest BCUT2D eigenvalue weighted by molar-refractivity contribution is 1.18. The summed E-state index contributed by atoms with van der Waals surface area (Å²) in [6.45, 7) is 0. The normalized spacial score (nSPS) is 11.4. The zero-order valence-corrected chi connectivity index (χ0v) is 38.5. The fourth-order valence-electron chi connectivity index (χ4n) is 10.3. The summed E-state index contributed by atoms with van der Waals surface area (Å²) in [7, 11) is 0. The lowest BCUT2D eigenvalue weighted by Crippen LogP contribution is -2.09. The molecule has 2 nitrogen and oxygen atoms in total. The monoisotopic (exact) mass is 890 g/mol. The first-order chi connectivity index (χ1) is 34.7. The highest BCUT2D eigenvalue weighted by Crippen LogP contribution is 2.40. The molecular weight excluding hydrogens is 845 g/mol. The number of anilines is 3. The molecule has 328 valence electrons. The van der Waals surface area contributed by atoms with Crippen molar-refractivity contribution in [1.82, 2.24) is 4.57 Å². The highest BCUT2D eigenvalue weighted by molar-refractivity contribution is 6.10. The van der Waals surface area contributed by atoms with Gasteiger partial charge in [-0.15, -0.1) is 0 Å². The number of hydrogen-bond donors (Lipinski definition) is 0. The minimum atomic E-state index is 1.09. The molecule has 0 saturated heterocycles. The van der Waals surface area contributed by atoms with Gasteiger partial charge in [-0.1, -0.05) is 200 Å². The summed E-state index contributed by atoms with van der Waals surface area (Å²) < 4.78 is 2.37. The van der Waals surface area contributed by atoms with Crippen molar-refractivity contribution in [2.24, 2.45) is 0 Å². The van der Waals surface area contributed by atoms with Crippen molar-refractivity contribution in [2.75, 3.05) is 4.90 Å². The Morgan fingerprint density at radius 2 is 0.543 bits per heavy atom. The van der Waals surface area contributed by atoms with Gasteiger partial charge in [0, 0.05) is 33.5 Å². The van der Waals surface area contributed by atoms with Crippen molar-refractivity contribution in [2.45, 2.75) is 0 Å². The molecule has 0 fully saturated rings. The molecule has 0 aliphatic heterocycles. The number of rotatable bonds is 9. The van der Waals surface area contributed by atoms with Crippen molar-refractivity contribution in [3.8, 4) is 61.3 Å². The van der Waals surface area contributed by atoms with Crippen LogP contribution in [0.5, 0.6) is 0 Å². The summed E-state index contributed by atoms with van der Waals surface area (Å²) >= 11 is 0. The van der Waals surface area contributed by atoms with E-state index in [1.54, 1.807) is 0 Å². The van der Waals surface area contributed by atoms with Crippen LogP contribution in [-0.2, 0) is 0 Å². The zero-order valence-electron chi connectivity index (χ0n) is 38.5. The van der Waals surface area contributed by atoms with Gasteiger partial charge in [0.25, 0.3) is 0 Å². The average Bonchev–Trinajstić information content (AvgIpc) is 3.77. The van der Waals surface area contributed by atoms with Gasteiger partial charge < -0.3 is 9.47 Å². The molecule has 1 heterocycles. The molecule has 0 aliphatic rings. The first-order valence-electron chi connectivity index (χ1n) is 24.1. The summed E-state index contributed by atoms with van der Waals surface area (Å²) in [6, 6.07) is 102. The van der Waals surface area contributed by atoms with Gasteiger partial charge in [-0.3, -0.25) is 0 Å². The van der Waals surface area contributed by atoms with Crippen LogP contribution in [0.2, 0.25) is 0 Å². The van der Waals surface area contributed by atoms with Crippen LogP contribution in [0.15, 0.2) is 279 Å². The molecule has 13 aromatic rings. The van der Waals surface area contributed by atoms with Crippen molar-refractivity contribution in [3.05, 3.63) is 279 Å². The fraction of sp³-hybridized carbons (Fsp3) is 0. The van der Waals surface area contributed by atoms with Crippen LogP contribution in [0, 0.1) is 0 Å². The molecule has 0 atom stereocenters. The van der Waals surface area contributed by atoms with E-state index in [1.807, 2.05) is 0 Å². The van der Waals surface area contributed by atoms with E-state index >= 15 is 0 Å². The summed E-state index contributed by atoms with van der Waals surface area (Å²) in [5.74, 6) is 0. The van der Waals surface area contributed by atoms with Crippen LogP contribution in [-0.4, -0.2) is 4.57 Å². The molecule has 0 radical (unpaired) electrons. The Kier molecular flexibility index (Phi) is 10.2. The highest BCUT2D eigenvalue weighted by Gasteiger charge is 2.16. The Labute approximate surface area is 408 Å². The van der Waals surface area contributed by atoms with Crippen LogP contribution in [0.3, 0.4) is 0 Å². The van der Waals surface area contributed by atoms with Gasteiger partial charge in [-0.25, -0.2) is 0 Å². The van der Waals surface area contributed by atoms with Crippen LogP contribution in [0.1, 0.15) is 0 Å². The highest BCUT2D eigenvalue weighted by atomic mass is 15.1. The SMILES string of the molecule is c1ccc(-n2c3ccccc3c3cc(-c4ccc(N(c5ccc(-c6ccc(-c7ccc8ccccc8c7)cc6)cc5)c5ccc(-c6ccc(-c7ccc8ccccc8c7)cc6)cc5)cc4)ccc32)cc1. The quantitative estimate of drug-likeness (QED) is 0.140. The molecule has 0 saturated carbocycles. The number of fused-ring (bicyclic) bond motifs is 5. The average molecular weight is 891 g/mol.